The molecule has 2 aromatic rings. The van der Waals surface area contributed by atoms with Gasteiger partial charge in [0.05, 0.1) is 13.2 Å². The molecule has 3 rings (SSSR count). The molecule has 1 aromatic carbocycles. The standard InChI is InChI=1S/C22H27N3O3/c1-4-20(26)25-13-14-28-22(16-25,21(27)24(2)3)15-17-5-7-18(8-6-17)19-9-11-23-12-10-19/h5-12H,4,13-16H2,1-3H3/t22-/m1/s1. The Bertz CT molecular complexity index is 821. The van der Waals surface area contributed by atoms with Crippen molar-refractivity contribution in [2.45, 2.75) is 25.4 Å². The number of pyridine rings is 1. The van der Waals surface area contributed by atoms with Gasteiger partial charge in [-0.05, 0) is 28.8 Å². The minimum Gasteiger partial charge on any atom is -0.361 e. The zero-order valence-electron chi connectivity index (χ0n) is 16.7. The Morgan fingerprint density at radius 2 is 1.75 bits per heavy atom. The summed E-state index contributed by atoms with van der Waals surface area (Å²) in [6, 6.07) is 12.0. The van der Waals surface area contributed by atoms with Crippen molar-refractivity contribution in [2.75, 3.05) is 33.8 Å². The summed E-state index contributed by atoms with van der Waals surface area (Å²) in [5.41, 5.74) is 2.13. The molecule has 1 atom stereocenters. The lowest BCUT2D eigenvalue weighted by molar-refractivity contribution is -0.172. The van der Waals surface area contributed by atoms with E-state index in [9.17, 15) is 9.59 Å². The van der Waals surface area contributed by atoms with Gasteiger partial charge in [0.1, 0.15) is 0 Å². The van der Waals surface area contributed by atoms with Gasteiger partial charge in [0.15, 0.2) is 5.60 Å². The average molecular weight is 381 g/mol. The number of carbonyl (C=O) groups excluding carboxylic acids is 2. The summed E-state index contributed by atoms with van der Waals surface area (Å²) in [4.78, 5) is 32.6. The van der Waals surface area contributed by atoms with Crippen molar-refractivity contribution in [1.29, 1.82) is 0 Å². The fraction of sp³-hybridized carbons (Fsp3) is 0.409. The van der Waals surface area contributed by atoms with Crippen LogP contribution in [0.1, 0.15) is 18.9 Å². The Morgan fingerprint density at radius 3 is 2.36 bits per heavy atom. The van der Waals surface area contributed by atoms with Gasteiger partial charge in [-0.3, -0.25) is 14.6 Å². The second-order valence-electron chi connectivity index (χ2n) is 7.32. The topological polar surface area (TPSA) is 62.7 Å². The van der Waals surface area contributed by atoms with Crippen molar-refractivity contribution in [3.63, 3.8) is 0 Å². The van der Waals surface area contributed by atoms with Gasteiger partial charge < -0.3 is 14.5 Å². The van der Waals surface area contributed by atoms with E-state index in [-0.39, 0.29) is 18.4 Å². The molecule has 6 heteroatoms. The molecular weight excluding hydrogens is 354 g/mol. The monoisotopic (exact) mass is 381 g/mol. The lowest BCUT2D eigenvalue weighted by Gasteiger charge is -2.42. The third kappa shape index (κ3) is 4.22. The summed E-state index contributed by atoms with van der Waals surface area (Å²) in [5.74, 6) is -0.0634. The normalized spacial score (nSPS) is 19.3. The van der Waals surface area contributed by atoms with Gasteiger partial charge in [0.25, 0.3) is 5.91 Å². The number of carbonyl (C=O) groups is 2. The van der Waals surface area contributed by atoms with Gasteiger partial charge in [0.2, 0.25) is 5.91 Å². The predicted octanol–water partition coefficient (Wildman–Crippen LogP) is 2.39. The van der Waals surface area contributed by atoms with Crippen molar-refractivity contribution in [3.8, 4) is 11.1 Å². The Balaban J connectivity index is 1.86. The fourth-order valence-electron chi connectivity index (χ4n) is 3.63. The van der Waals surface area contributed by atoms with Crippen molar-refractivity contribution in [2.24, 2.45) is 0 Å². The van der Waals surface area contributed by atoms with Crippen LogP contribution in [0.3, 0.4) is 0 Å². The molecule has 0 N–H and O–H groups in total. The molecule has 0 aliphatic carbocycles. The summed E-state index contributed by atoms with van der Waals surface area (Å²) in [6.07, 6.45) is 4.38. The van der Waals surface area contributed by atoms with Crippen LogP contribution >= 0.6 is 0 Å². The second kappa shape index (κ2) is 8.52. The minimum atomic E-state index is -1.05. The SMILES string of the molecule is CCC(=O)N1CCO[C@@](Cc2ccc(-c3ccncc3)cc2)(C(=O)N(C)C)C1. The van der Waals surface area contributed by atoms with Gasteiger partial charge in [-0.1, -0.05) is 31.2 Å². The zero-order valence-corrected chi connectivity index (χ0v) is 16.7. The molecule has 148 valence electrons. The maximum absolute atomic E-state index is 13.0. The highest BCUT2D eigenvalue weighted by Crippen LogP contribution is 2.27. The number of morpholine rings is 1. The van der Waals surface area contributed by atoms with Gasteiger partial charge in [0, 0.05) is 45.9 Å². The first-order valence-electron chi connectivity index (χ1n) is 9.58. The van der Waals surface area contributed by atoms with E-state index in [1.54, 1.807) is 36.3 Å². The molecule has 1 aliphatic rings. The Hall–Kier alpha value is -2.73. The van der Waals surface area contributed by atoms with Crippen LogP contribution in [0.4, 0.5) is 0 Å². The maximum Gasteiger partial charge on any atom is 0.256 e. The van der Waals surface area contributed by atoms with Crippen molar-refractivity contribution in [1.82, 2.24) is 14.8 Å². The van der Waals surface area contributed by atoms with Crippen LogP contribution in [-0.4, -0.2) is 66.0 Å². The molecule has 2 amide bonds. The second-order valence-corrected chi connectivity index (χ2v) is 7.32. The number of ether oxygens (including phenoxy) is 1. The molecule has 1 fully saturated rings. The van der Waals surface area contributed by atoms with Gasteiger partial charge >= 0.3 is 0 Å². The Kier molecular flexibility index (Phi) is 6.09. The molecule has 0 bridgehead atoms. The number of aromatic nitrogens is 1. The number of rotatable bonds is 5. The molecule has 0 spiro atoms. The van der Waals surface area contributed by atoms with Crippen molar-refractivity contribution in [3.05, 3.63) is 54.4 Å². The van der Waals surface area contributed by atoms with E-state index in [0.29, 0.717) is 26.0 Å². The molecule has 1 saturated heterocycles. The number of likely N-dealkylation sites (N-methyl/N-ethyl adjacent to an activating group) is 1. The molecular formula is C22H27N3O3. The van der Waals surface area contributed by atoms with Crippen LogP contribution in [0.15, 0.2) is 48.8 Å². The summed E-state index contributed by atoms with van der Waals surface area (Å²) >= 11 is 0. The summed E-state index contributed by atoms with van der Waals surface area (Å²) < 4.78 is 6.04. The lowest BCUT2D eigenvalue weighted by Crippen LogP contribution is -2.61. The molecule has 6 nitrogen and oxygen atoms in total. The Morgan fingerprint density at radius 1 is 1.11 bits per heavy atom. The average Bonchev–Trinajstić information content (AvgIpc) is 2.73. The first kappa shape index (κ1) is 20.0. The Labute approximate surface area is 166 Å². The zero-order chi connectivity index (χ0) is 20.1. The van der Waals surface area contributed by atoms with Gasteiger partial charge in [-0.15, -0.1) is 0 Å². The van der Waals surface area contributed by atoms with Crippen LogP contribution in [-0.2, 0) is 20.7 Å². The summed E-state index contributed by atoms with van der Waals surface area (Å²) in [5, 5.41) is 0. The molecule has 1 aliphatic heterocycles. The number of benzene rings is 1. The van der Waals surface area contributed by atoms with E-state index in [4.69, 9.17) is 4.74 Å². The largest absolute Gasteiger partial charge is 0.361 e. The third-order valence-electron chi connectivity index (χ3n) is 5.09. The maximum atomic E-state index is 13.0. The van der Waals surface area contributed by atoms with E-state index in [0.717, 1.165) is 16.7 Å². The number of hydrogen-bond donors (Lipinski definition) is 0. The highest BCUT2D eigenvalue weighted by Gasteiger charge is 2.45. The van der Waals surface area contributed by atoms with Gasteiger partial charge in [-0.25, -0.2) is 0 Å². The molecule has 0 unspecified atom stereocenters. The summed E-state index contributed by atoms with van der Waals surface area (Å²) in [6.45, 7) is 3.00. The van der Waals surface area contributed by atoms with E-state index in [1.165, 1.54) is 0 Å². The summed E-state index contributed by atoms with van der Waals surface area (Å²) in [7, 11) is 3.45. The highest BCUT2D eigenvalue weighted by molar-refractivity contribution is 5.87. The van der Waals surface area contributed by atoms with Crippen LogP contribution < -0.4 is 0 Å². The van der Waals surface area contributed by atoms with E-state index in [1.807, 2.05) is 43.3 Å². The number of hydrogen-bond acceptors (Lipinski definition) is 4. The van der Waals surface area contributed by atoms with Crippen molar-refractivity contribution < 1.29 is 14.3 Å². The van der Waals surface area contributed by atoms with E-state index in [2.05, 4.69) is 4.98 Å². The molecule has 1 aromatic heterocycles. The first-order chi connectivity index (χ1) is 13.4. The quantitative estimate of drug-likeness (QED) is 0.798. The van der Waals surface area contributed by atoms with Gasteiger partial charge in [-0.2, -0.15) is 0 Å². The van der Waals surface area contributed by atoms with Crippen LogP contribution in [0.2, 0.25) is 0 Å². The van der Waals surface area contributed by atoms with E-state index >= 15 is 0 Å². The first-order valence-corrected chi connectivity index (χ1v) is 9.58. The van der Waals surface area contributed by atoms with Crippen LogP contribution in [0, 0.1) is 0 Å². The molecule has 0 saturated carbocycles. The van der Waals surface area contributed by atoms with Crippen LogP contribution in [0.25, 0.3) is 11.1 Å². The van der Waals surface area contributed by atoms with Crippen LogP contribution in [0.5, 0.6) is 0 Å². The minimum absolute atomic E-state index is 0.0484. The highest BCUT2D eigenvalue weighted by atomic mass is 16.5. The molecule has 2 heterocycles. The number of nitrogens with zero attached hydrogens (tertiary/aromatic N) is 3. The predicted molar refractivity (Wildman–Crippen MR) is 108 cm³/mol. The fourth-order valence-corrected chi connectivity index (χ4v) is 3.63. The van der Waals surface area contributed by atoms with Crippen molar-refractivity contribution >= 4 is 11.8 Å². The third-order valence-corrected chi connectivity index (χ3v) is 5.09. The number of amides is 2. The molecule has 28 heavy (non-hydrogen) atoms. The smallest absolute Gasteiger partial charge is 0.256 e. The lowest BCUT2D eigenvalue weighted by atomic mass is 9.90. The molecule has 0 radical (unpaired) electrons. The van der Waals surface area contributed by atoms with E-state index < -0.39 is 5.60 Å².